The van der Waals surface area contributed by atoms with Gasteiger partial charge in [-0.05, 0) is 18.2 Å². The minimum atomic E-state index is -4.49. The first-order chi connectivity index (χ1) is 11.0. The van der Waals surface area contributed by atoms with Gasteiger partial charge in [-0.25, -0.2) is 4.98 Å². The summed E-state index contributed by atoms with van der Waals surface area (Å²) in [6.07, 6.45) is -3.97. The Balaban J connectivity index is 2.27. The number of aromatic nitrogens is 1. The molecule has 8 heteroatoms. The minimum Gasteiger partial charge on any atom is -0.493 e. The van der Waals surface area contributed by atoms with Crippen molar-refractivity contribution in [3.05, 3.63) is 29.1 Å². The number of halogens is 3. The normalized spacial score (nSPS) is 11.5. The summed E-state index contributed by atoms with van der Waals surface area (Å²) in [5.74, 6) is -0.179. The molecule has 0 amide bonds. The van der Waals surface area contributed by atoms with Crippen molar-refractivity contribution in [3.63, 3.8) is 0 Å². The van der Waals surface area contributed by atoms with Crippen molar-refractivity contribution in [2.45, 2.75) is 12.6 Å². The second-order valence-electron chi connectivity index (χ2n) is 4.69. The summed E-state index contributed by atoms with van der Waals surface area (Å²) in [6, 6.07) is 3.99. The highest BCUT2D eigenvalue weighted by atomic mass is 32.1. The molecule has 2 aromatic rings. The van der Waals surface area contributed by atoms with Gasteiger partial charge in [0, 0.05) is 38.1 Å². The number of anilines is 1. The summed E-state index contributed by atoms with van der Waals surface area (Å²) in [4.78, 5) is 4.22. The fourth-order valence-corrected chi connectivity index (χ4v) is 2.62. The lowest BCUT2D eigenvalue weighted by molar-refractivity contribution is -0.138. The third-order valence-electron chi connectivity index (χ3n) is 3.05. The summed E-state index contributed by atoms with van der Waals surface area (Å²) in [5, 5.41) is 5.22. The number of ether oxygens (including phenoxy) is 2. The van der Waals surface area contributed by atoms with Crippen molar-refractivity contribution in [2.24, 2.45) is 0 Å². The van der Waals surface area contributed by atoms with E-state index in [4.69, 9.17) is 9.47 Å². The molecule has 0 aliphatic heterocycles. The van der Waals surface area contributed by atoms with Gasteiger partial charge >= 0.3 is 6.18 Å². The molecular weight excluding hydrogens is 329 g/mol. The lowest BCUT2D eigenvalue weighted by atomic mass is 10.1. The Bertz CT molecular complexity index is 644. The van der Waals surface area contributed by atoms with Gasteiger partial charge in [0.2, 0.25) is 0 Å². The molecule has 23 heavy (non-hydrogen) atoms. The lowest BCUT2D eigenvalue weighted by Gasteiger charge is -2.15. The topological polar surface area (TPSA) is 43.4 Å². The van der Waals surface area contributed by atoms with E-state index in [9.17, 15) is 13.2 Å². The predicted molar refractivity (Wildman–Crippen MR) is 84.1 cm³/mol. The Morgan fingerprint density at radius 2 is 2.04 bits per heavy atom. The predicted octanol–water partition coefficient (Wildman–Crippen LogP) is 4.29. The fraction of sp³-hybridized carbons (Fsp3) is 0.400. The average Bonchev–Trinajstić information content (AvgIpc) is 3.00. The first kappa shape index (κ1) is 17.6. The van der Waals surface area contributed by atoms with Crippen LogP contribution >= 0.6 is 11.3 Å². The average molecular weight is 346 g/mol. The summed E-state index contributed by atoms with van der Waals surface area (Å²) >= 11 is 1.33. The zero-order valence-corrected chi connectivity index (χ0v) is 13.6. The van der Waals surface area contributed by atoms with Gasteiger partial charge in [-0.1, -0.05) is 0 Å². The number of hydrogen-bond donors (Lipinski definition) is 1. The molecule has 126 valence electrons. The lowest BCUT2D eigenvalue weighted by Crippen LogP contribution is -2.10. The number of nitrogens with zero attached hydrogens (tertiary/aromatic N) is 1. The number of nitrogens with one attached hydrogen (secondary N) is 1. The van der Waals surface area contributed by atoms with E-state index >= 15 is 0 Å². The van der Waals surface area contributed by atoms with Crippen LogP contribution in [-0.2, 0) is 10.9 Å². The van der Waals surface area contributed by atoms with Gasteiger partial charge in [-0.3, -0.25) is 0 Å². The first-order valence-electron chi connectivity index (χ1n) is 6.92. The third-order valence-corrected chi connectivity index (χ3v) is 3.91. The van der Waals surface area contributed by atoms with Crippen LogP contribution in [0.5, 0.6) is 5.75 Å². The molecule has 0 spiro atoms. The molecule has 0 bridgehead atoms. The number of hydrogen-bond acceptors (Lipinski definition) is 5. The van der Waals surface area contributed by atoms with Crippen molar-refractivity contribution in [1.82, 2.24) is 4.98 Å². The molecule has 0 radical (unpaired) electrons. The first-order valence-corrected chi connectivity index (χ1v) is 7.80. The quantitative estimate of drug-likeness (QED) is 0.760. The SMILES string of the molecule is CNc1nc(-c2ccc(OCCCOC)c(C(F)(F)F)c2)cs1. The Hall–Kier alpha value is -1.80. The molecule has 2 rings (SSSR count). The van der Waals surface area contributed by atoms with Gasteiger partial charge in [0.1, 0.15) is 5.75 Å². The molecule has 1 aromatic carbocycles. The molecule has 1 aromatic heterocycles. The van der Waals surface area contributed by atoms with Crippen molar-refractivity contribution < 1.29 is 22.6 Å². The molecule has 0 unspecified atom stereocenters. The molecule has 1 heterocycles. The summed E-state index contributed by atoms with van der Waals surface area (Å²) in [7, 11) is 3.24. The Morgan fingerprint density at radius 1 is 1.26 bits per heavy atom. The summed E-state index contributed by atoms with van der Waals surface area (Å²) in [5.41, 5.74) is 0.0986. The van der Waals surface area contributed by atoms with E-state index in [2.05, 4.69) is 10.3 Å². The maximum atomic E-state index is 13.3. The van der Waals surface area contributed by atoms with Gasteiger partial charge < -0.3 is 14.8 Å². The van der Waals surface area contributed by atoms with Gasteiger partial charge in [0.05, 0.1) is 17.9 Å². The molecule has 0 aliphatic carbocycles. The maximum absolute atomic E-state index is 13.3. The van der Waals surface area contributed by atoms with Crippen LogP contribution in [0.4, 0.5) is 18.3 Å². The number of methoxy groups -OCH3 is 1. The van der Waals surface area contributed by atoms with Crippen molar-refractivity contribution in [1.29, 1.82) is 0 Å². The van der Waals surface area contributed by atoms with Crippen LogP contribution in [-0.4, -0.2) is 32.4 Å². The summed E-state index contributed by atoms with van der Waals surface area (Å²) < 4.78 is 49.9. The van der Waals surface area contributed by atoms with Gasteiger partial charge in [0.15, 0.2) is 5.13 Å². The Kier molecular flexibility index (Phi) is 5.84. The Labute approximate surface area is 136 Å². The second-order valence-corrected chi connectivity index (χ2v) is 5.55. The zero-order chi connectivity index (χ0) is 16.9. The highest BCUT2D eigenvalue weighted by molar-refractivity contribution is 7.14. The van der Waals surface area contributed by atoms with Crippen molar-refractivity contribution >= 4 is 16.5 Å². The van der Waals surface area contributed by atoms with Crippen LogP contribution in [0.2, 0.25) is 0 Å². The molecule has 0 atom stereocenters. The largest absolute Gasteiger partial charge is 0.493 e. The van der Waals surface area contributed by atoms with Gasteiger partial charge in [-0.2, -0.15) is 13.2 Å². The van der Waals surface area contributed by atoms with Crippen LogP contribution in [0, 0.1) is 0 Å². The highest BCUT2D eigenvalue weighted by Crippen LogP contribution is 2.39. The van der Waals surface area contributed by atoms with Crippen LogP contribution in [0.15, 0.2) is 23.6 Å². The van der Waals surface area contributed by atoms with Gasteiger partial charge in [0.25, 0.3) is 0 Å². The van der Waals surface area contributed by atoms with Crippen LogP contribution < -0.4 is 10.1 Å². The molecule has 0 saturated carbocycles. The van der Waals surface area contributed by atoms with E-state index in [1.807, 2.05) is 0 Å². The molecule has 1 N–H and O–H groups in total. The minimum absolute atomic E-state index is 0.164. The Morgan fingerprint density at radius 3 is 2.65 bits per heavy atom. The van der Waals surface area contributed by atoms with E-state index in [0.717, 1.165) is 6.07 Å². The smallest absolute Gasteiger partial charge is 0.419 e. The van der Waals surface area contributed by atoms with E-state index in [0.29, 0.717) is 29.4 Å². The fourth-order valence-electron chi connectivity index (χ4n) is 1.94. The van der Waals surface area contributed by atoms with E-state index in [-0.39, 0.29) is 12.4 Å². The second kappa shape index (κ2) is 7.65. The van der Waals surface area contributed by atoms with Crippen molar-refractivity contribution in [2.75, 3.05) is 32.7 Å². The third kappa shape index (κ3) is 4.59. The standard InChI is InChI=1S/C15H17F3N2O2S/c1-19-14-20-12(9-23-14)10-4-5-13(22-7-3-6-21-2)11(8-10)15(16,17)18/h4-5,8-9H,3,6-7H2,1-2H3,(H,19,20). The van der Waals surface area contributed by atoms with Crippen LogP contribution in [0.1, 0.15) is 12.0 Å². The molecule has 4 nitrogen and oxygen atoms in total. The maximum Gasteiger partial charge on any atom is 0.419 e. The van der Waals surface area contributed by atoms with Gasteiger partial charge in [-0.15, -0.1) is 11.3 Å². The number of thiazole rings is 1. The number of alkyl halides is 3. The zero-order valence-electron chi connectivity index (χ0n) is 12.7. The molecule has 0 fully saturated rings. The van der Waals surface area contributed by atoms with E-state index in [1.165, 1.54) is 24.5 Å². The van der Waals surface area contributed by atoms with E-state index < -0.39 is 11.7 Å². The van der Waals surface area contributed by atoms with Crippen LogP contribution in [0.25, 0.3) is 11.3 Å². The molecule has 0 aliphatic rings. The van der Waals surface area contributed by atoms with Crippen molar-refractivity contribution in [3.8, 4) is 17.0 Å². The van der Waals surface area contributed by atoms with Crippen LogP contribution in [0.3, 0.4) is 0 Å². The number of benzene rings is 1. The monoisotopic (exact) mass is 346 g/mol. The molecular formula is C15H17F3N2O2S. The highest BCUT2D eigenvalue weighted by Gasteiger charge is 2.35. The molecule has 0 saturated heterocycles. The summed E-state index contributed by atoms with van der Waals surface area (Å²) in [6.45, 7) is 0.599. The number of rotatable bonds is 7. The van der Waals surface area contributed by atoms with E-state index in [1.54, 1.807) is 18.5 Å².